The molecule has 252 valence electrons. The minimum atomic E-state index is -0.0377. The lowest BCUT2D eigenvalue weighted by molar-refractivity contribution is 0.477. The summed E-state index contributed by atoms with van der Waals surface area (Å²) in [5.74, 6) is 2.46. The first-order chi connectivity index (χ1) is 24.6. The summed E-state index contributed by atoms with van der Waals surface area (Å²) in [4.78, 5) is 9.43. The molecule has 0 unspecified atom stereocenters. The Balaban J connectivity index is 1.20. The minimum Gasteiger partial charge on any atom is -0.457 e. The molecule has 9 rings (SSSR count). The number of aromatic nitrogens is 3. The van der Waals surface area contributed by atoms with Gasteiger partial charge in [0.1, 0.15) is 17.3 Å². The zero-order chi connectivity index (χ0) is 35.0. The molecule has 0 fully saturated rings. The molecule has 0 atom stereocenters. The first kappa shape index (κ1) is 31.0. The molecule has 0 aliphatic carbocycles. The van der Waals surface area contributed by atoms with Crippen molar-refractivity contribution >= 4 is 49.3 Å². The molecule has 0 radical (unpaired) electrons. The van der Waals surface area contributed by atoms with Gasteiger partial charge in [-0.3, -0.25) is 4.57 Å². The molecule has 0 amide bonds. The predicted octanol–water partition coefficient (Wildman–Crippen LogP) is 11.2. The second kappa shape index (κ2) is 11.5. The number of hydrogen-bond acceptors (Lipinski definition) is 4. The van der Waals surface area contributed by atoms with Gasteiger partial charge in [0.15, 0.2) is 0 Å². The van der Waals surface area contributed by atoms with Crippen LogP contribution in [0.4, 0.5) is 5.69 Å². The van der Waals surface area contributed by atoms with Gasteiger partial charge in [0.2, 0.25) is 0 Å². The average molecular weight is 668 g/mol. The number of hydrogen-bond donors (Lipinski definition) is 0. The fraction of sp³-hybridized carbons (Fsp3) is 0.178. The smallest absolute Gasteiger partial charge is 0.139 e. The quantitative estimate of drug-likeness (QED) is 0.183. The fourth-order valence-corrected chi connectivity index (χ4v) is 7.72. The third-order valence-electron chi connectivity index (χ3n) is 10.3. The van der Waals surface area contributed by atoms with E-state index >= 15 is 0 Å². The largest absolute Gasteiger partial charge is 0.457 e. The number of nitrogens with zero attached hydrogens (tertiary/aromatic N) is 5. The maximum absolute atomic E-state index is 6.74. The zero-order valence-corrected chi connectivity index (χ0v) is 30.0. The highest BCUT2D eigenvalue weighted by molar-refractivity contribution is 6.12. The van der Waals surface area contributed by atoms with Gasteiger partial charge in [-0.1, -0.05) is 75.4 Å². The van der Waals surface area contributed by atoms with E-state index in [1.54, 1.807) is 0 Å². The van der Waals surface area contributed by atoms with Crippen molar-refractivity contribution in [2.24, 2.45) is 0 Å². The lowest BCUT2D eigenvalue weighted by Gasteiger charge is -2.25. The third-order valence-corrected chi connectivity index (χ3v) is 10.3. The maximum atomic E-state index is 6.74. The summed E-state index contributed by atoms with van der Waals surface area (Å²) >= 11 is 0. The van der Waals surface area contributed by atoms with Gasteiger partial charge in [-0.05, 0) is 72.4 Å². The number of para-hydroxylation sites is 3. The van der Waals surface area contributed by atoms with Crippen molar-refractivity contribution < 1.29 is 4.74 Å². The van der Waals surface area contributed by atoms with Gasteiger partial charge < -0.3 is 19.1 Å². The van der Waals surface area contributed by atoms with Crippen molar-refractivity contribution in [1.82, 2.24) is 19.0 Å². The van der Waals surface area contributed by atoms with Gasteiger partial charge in [0, 0.05) is 71.1 Å². The summed E-state index contributed by atoms with van der Waals surface area (Å²) in [7, 11) is 2.09. The SMILES string of the molecule is Cc1cccc2c3cccc(C)c3n(-c3ccnc(-n4c5ccccc5c5ccc(Oc6cc(N7C=CN(C)C7)cc(C(C)(C)C)c6)cc54)c3)c12. The molecule has 0 bridgehead atoms. The molecule has 4 heterocycles. The Kier molecular flexibility index (Phi) is 7.01. The van der Waals surface area contributed by atoms with Gasteiger partial charge >= 0.3 is 0 Å². The number of rotatable bonds is 5. The number of aryl methyl sites for hydroxylation is 2. The van der Waals surface area contributed by atoms with Crippen LogP contribution >= 0.6 is 0 Å². The lowest BCUT2D eigenvalue weighted by Crippen LogP contribution is -2.22. The molecular formula is C45H41N5O. The molecule has 0 saturated carbocycles. The first-order valence-electron chi connectivity index (χ1n) is 17.6. The number of ether oxygens (including phenoxy) is 1. The lowest BCUT2D eigenvalue weighted by atomic mass is 9.86. The molecule has 0 spiro atoms. The summed E-state index contributed by atoms with van der Waals surface area (Å²) in [6.45, 7) is 11.9. The molecule has 0 saturated heterocycles. The number of anilines is 1. The predicted molar refractivity (Wildman–Crippen MR) is 212 cm³/mol. The molecule has 0 N–H and O–H groups in total. The highest BCUT2D eigenvalue weighted by atomic mass is 16.5. The maximum Gasteiger partial charge on any atom is 0.139 e. The van der Waals surface area contributed by atoms with Crippen molar-refractivity contribution in [3.8, 4) is 23.0 Å². The van der Waals surface area contributed by atoms with Crippen LogP contribution in [-0.2, 0) is 5.41 Å². The summed E-state index contributed by atoms with van der Waals surface area (Å²) in [5.41, 5.74) is 10.5. The van der Waals surface area contributed by atoms with Crippen LogP contribution in [0.3, 0.4) is 0 Å². The molecule has 8 aromatic rings. The second-order valence-electron chi connectivity index (χ2n) is 14.9. The van der Waals surface area contributed by atoms with Gasteiger partial charge in [0.05, 0.1) is 34.4 Å². The standard InChI is InChI=1S/C45H41N5O/c1-29-11-9-14-38-39-15-10-12-30(2)44(39)49(43(29)38)32-19-20-46-42(26-32)50-40-16-8-7-13-36(40)37-18-17-34(27-41(37)50)51-35-24-31(45(3,4)5)23-33(25-35)48-22-21-47(6)28-48/h7-27H,28H2,1-6H3. The topological polar surface area (TPSA) is 38.5 Å². The van der Waals surface area contributed by atoms with Gasteiger partial charge in [-0.25, -0.2) is 4.98 Å². The van der Waals surface area contributed by atoms with Crippen molar-refractivity contribution in [1.29, 1.82) is 0 Å². The van der Waals surface area contributed by atoms with Crippen molar-refractivity contribution in [2.75, 3.05) is 18.6 Å². The average Bonchev–Trinajstić information content (AvgIpc) is 3.81. The molecule has 51 heavy (non-hydrogen) atoms. The van der Waals surface area contributed by atoms with Crippen LogP contribution in [0.25, 0.3) is 55.1 Å². The molecule has 1 aliphatic heterocycles. The van der Waals surface area contributed by atoms with E-state index in [2.05, 4.69) is 182 Å². The summed E-state index contributed by atoms with van der Waals surface area (Å²) in [5, 5.41) is 4.86. The highest BCUT2D eigenvalue weighted by Crippen LogP contribution is 2.39. The van der Waals surface area contributed by atoms with E-state index in [9.17, 15) is 0 Å². The van der Waals surface area contributed by atoms with E-state index in [1.165, 1.54) is 43.9 Å². The minimum absolute atomic E-state index is 0.0377. The zero-order valence-electron chi connectivity index (χ0n) is 30.0. The van der Waals surface area contributed by atoms with E-state index in [-0.39, 0.29) is 5.41 Å². The van der Waals surface area contributed by atoms with E-state index in [4.69, 9.17) is 9.72 Å². The van der Waals surface area contributed by atoms with Crippen LogP contribution in [0.15, 0.2) is 128 Å². The third kappa shape index (κ3) is 5.13. The Morgan fingerprint density at radius 2 is 1.31 bits per heavy atom. The van der Waals surface area contributed by atoms with Crippen molar-refractivity contribution in [2.45, 2.75) is 40.0 Å². The van der Waals surface area contributed by atoms with E-state index < -0.39 is 0 Å². The number of pyridine rings is 1. The Labute approximate surface area is 298 Å². The Hall–Kier alpha value is -6.01. The highest BCUT2D eigenvalue weighted by Gasteiger charge is 2.21. The molecule has 1 aliphatic rings. The van der Waals surface area contributed by atoms with Crippen LogP contribution in [0.5, 0.6) is 11.5 Å². The van der Waals surface area contributed by atoms with Crippen LogP contribution in [0, 0.1) is 13.8 Å². The number of fused-ring (bicyclic) bond motifs is 6. The number of benzene rings is 5. The van der Waals surface area contributed by atoms with Gasteiger partial charge in [-0.2, -0.15) is 0 Å². The summed E-state index contributed by atoms with van der Waals surface area (Å²) in [6.07, 6.45) is 6.16. The fourth-order valence-electron chi connectivity index (χ4n) is 7.72. The van der Waals surface area contributed by atoms with Crippen molar-refractivity contribution in [3.05, 3.63) is 144 Å². The molecule has 6 nitrogen and oxygen atoms in total. The molecule has 6 heteroatoms. The molecule has 3 aromatic heterocycles. The molecule has 5 aromatic carbocycles. The van der Waals surface area contributed by atoms with Gasteiger partial charge in [-0.15, -0.1) is 0 Å². The Morgan fingerprint density at radius 3 is 2.02 bits per heavy atom. The summed E-state index contributed by atoms with van der Waals surface area (Å²) in [6, 6.07) is 39.1. The second-order valence-corrected chi connectivity index (χ2v) is 14.9. The van der Waals surface area contributed by atoms with Crippen LogP contribution < -0.4 is 9.64 Å². The van der Waals surface area contributed by atoms with Crippen LogP contribution in [-0.4, -0.2) is 32.7 Å². The molecular weight excluding hydrogens is 627 g/mol. The van der Waals surface area contributed by atoms with Gasteiger partial charge in [0.25, 0.3) is 0 Å². The Bertz CT molecular complexity index is 2630. The monoisotopic (exact) mass is 667 g/mol. The van der Waals surface area contributed by atoms with E-state index in [0.29, 0.717) is 0 Å². The van der Waals surface area contributed by atoms with E-state index in [1.807, 2.05) is 6.20 Å². The Morgan fingerprint density at radius 1 is 0.608 bits per heavy atom. The van der Waals surface area contributed by atoms with Crippen molar-refractivity contribution in [3.63, 3.8) is 0 Å². The normalized spacial score (nSPS) is 13.5. The van der Waals surface area contributed by atoms with Crippen LogP contribution in [0.2, 0.25) is 0 Å². The first-order valence-corrected chi connectivity index (χ1v) is 17.6. The van der Waals surface area contributed by atoms with E-state index in [0.717, 1.165) is 51.8 Å². The summed E-state index contributed by atoms with van der Waals surface area (Å²) < 4.78 is 11.4. The van der Waals surface area contributed by atoms with Crippen LogP contribution in [0.1, 0.15) is 37.5 Å².